The summed E-state index contributed by atoms with van der Waals surface area (Å²) in [5, 5.41) is 21.5. The number of imide groups is 1. The average molecular weight is 491 g/mol. The van der Waals surface area contributed by atoms with Crippen LogP contribution in [-0.2, 0) is 0 Å². The van der Waals surface area contributed by atoms with Crippen LogP contribution in [0.15, 0.2) is 65.5 Å². The van der Waals surface area contributed by atoms with Crippen molar-refractivity contribution >= 4 is 34.8 Å². The first kappa shape index (κ1) is 22.2. The molecule has 174 valence electrons. The molecule has 1 aromatic heterocycles. The van der Waals surface area contributed by atoms with Gasteiger partial charge in [-0.2, -0.15) is 4.68 Å². The molecule has 1 aliphatic rings. The molecular weight excluding hydrogens is 476 g/mol. The summed E-state index contributed by atoms with van der Waals surface area (Å²) in [7, 11) is 0. The summed E-state index contributed by atoms with van der Waals surface area (Å²) in [6.07, 6.45) is 0. The fourth-order valence-corrected chi connectivity index (χ4v) is 4.50. The van der Waals surface area contributed by atoms with Gasteiger partial charge in [0.2, 0.25) is 0 Å². The van der Waals surface area contributed by atoms with Crippen LogP contribution >= 0.6 is 11.6 Å². The number of amides is 2. The number of carbonyl (C=O) groups is 2. The molecule has 0 aliphatic carbocycles. The van der Waals surface area contributed by atoms with E-state index in [2.05, 4.69) is 15.5 Å². The van der Waals surface area contributed by atoms with E-state index in [1.807, 2.05) is 0 Å². The van der Waals surface area contributed by atoms with E-state index in [0.717, 1.165) is 9.58 Å². The number of benzene rings is 3. The minimum Gasteiger partial charge on any atom is -0.268 e. The second-order valence-corrected chi connectivity index (χ2v) is 8.23. The van der Waals surface area contributed by atoms with E-state index < -0.39 is 34.2 Å². The topological polar surface area (TPSA) is 144 Å². The molecule has 0 spiro atoms. The van der Waals surface area contributed by atoms with Gasteiger partial charge in [0, 0.05) is 11.1 Å². The monoisotopic (exact) mass is 490 g/mol. The zero-order valence-corrected chi connectivity index (χ0v) is 18.8. The smallest absolute Gasteiger partial charge is 0.268 e. The third-order valence-corrected chi connectivity index (χ3v) is 6.15. The molecule has 1 aliphatic heterocycles. The number of halogens is 1. The third kappa shape index (κ3) is 3.49. The van der Waals surface area contributed by atoms with Crippen LogP contribution in [0.4, 0.5) is 11.4 Å². The van der Waals surface area contributed by atoms with E-state index in [4.69, 9.17) is 11.6 Å². The van der Waals surface area contributed by atoms with Crippen LogP contribution < -0.4 is 10.6 Å². The van der Waals surface area contributed by atoms with E-state index in [1.165, 1.54) is 18.2 Å². The molecule has 0 saturated carbocycles. The van der Waals surface area contributed by atoms with Crippen LogP contribution in [0.1, 0.15) is 43.4 Å². The number of carbonyl (C=O) groups excluding carboxylic acids is 2. The van der Waals surface area contributed by atoms with Gasteiger partial charge < -0.3 is 0 Å². The van der Waals surface area contributed by atoms with Crippen LogP contribution in [0.5, 0.6) is 0 Å². The number of H-pyrrole nitrogens is 1. The first-order chi connectivity index (χ1) is 16.8. The summed E-state index contributed by atoms with van der Waals surface area (Å²) < 4.78 is 1.14. The van der Waals surface area contributed by atoms with Crippen LogP contribution in [0, 0.1) is 17.0 Å². The Hall–Kier alpha value is -4.64. The fraction of sp³-hybridized carbons (Fsp3) is 0.0870. The van der Waals surface area contributed by atoms with Gasteiger partial charge in [0.15, 0.2) is 0 Å². The molecular formula is C23H15ClN6O5. The molecule has 2 heterocycles. The van der Waals surface area contributed by atoms with Crippen molar-refractivity contribution < 1.29 is 14.5 Å². The SMILES string of the molecule is Cc1cc(C(c2ccccc2Cl)n2nn[nH]c2=O)ccc1N1C(=O)c2cccc([N+](=O)[O-])c2C1=O. The van der Waals surface area contributed by atoms with E-state index in [-0.39, 0.29) is 16.8 Å². The van der Waals surface area contributed by atoms with Crippen LogP contribution in [0.2, 0.25) is 5.02 Å². The number of aromatic amines is 1. The predicted octanol–water partition coefficient (Wildman–Crippen LogP) is 3.27. The number of hydrogen-bond donors (Lipinski definition) is 1. The zero-order chi connectivity index (χ0) is 24.9. The maximum absolute atomic E-state index is 13.1. The molecule has 4 aromatic rings. The number of aryl methyl sites for hydroxylation is 1. The van der Waals surface area contributed by atoms with Crippen molar-refractivity contribution in [2.75, 3.05) is 4.90 Å². The Bertz CT molecular complexity index is 1590. The van der Waals surface area contributed by atoms with Crippen molar-refractivity contribution in [1.82, 2.24) is 20.2 Å². The Kier molecular flexibility index (Phi) is 5.25. The van der Waals surface area contributed by atoms with Crippen molar-refractivity contribution in [3.8, 4) is 0 Å². The van der Waals surface area contributed by atoms with Crippen molar-refractivity contribution in [3.05, 3.63) is 114 Å². The lowest BCUT2D eigenvalue weighted by molar-refractivity contribution is -0.385. The van der Waals surface area contributed by atoms with E-state index in [1.54, 1.807) is 49.4 Å². The van der Waals surface area contributed by atoms with Gasteiger partial charge >= 0.3 is 5.69 Å². The highest BCUT2D eigenvalue weighted by atomic mass is 35.5. The second kappa shape index (κ2) is 8.29. The number of aromatic nitrogens is 4. The van der Waals surface area contributed by atoms with E-state index in [9.17, 15) is 24.5 Å². The van der Waals surface area contributed by atoms with Crippen LogP contribution in [0.3, 0.4) is 0 Å². The van der Waals surface area contributed by atoms with Gasteiger partial charge in [0.25, 0.3) is 17.5 Å². The second-order valence-electron chi connectivity index (χ2n) is 7.82. The lowest BCUT2D eigenvalue weighted by atomic mass is 9.96. The van der Waals surface area contributed by atoms with Crippen molar-refractivity contribution in [3.63, 3.8) is 0 Å². The largest absolute Gasteiger partial charge is 0.361 e. The Morgan fingerprint density at radius 3 is 2.46 bits per heavy atom. The van der Waals surface area contributed by atoms with Gasteiger partial charge in [-0.05, 0) is 52.2 Å². The molecule has 1 N–H and O–H groups in total. The highest BCUT2D eigenvalue weighted by Gasteiger charge is 2.42. The normalized spacial score (nSPS) is 13.7. The lowest BCUT2D eigenvalue weighted by Gasteiger charge is -2.21. The molecule has 0 radical (unpaired) electrons. The number of hydrogen-bond acceptors (Lipinski definition) is 7. The number of nitrogens with zero attached hydrogens (tertiary/aromatic N) is 5. The molecule has 0 bridgehead atoms. The molecule has 35 heavy (non-hydrogen) atoms. The number of tetrazole rings is 1. The number of nitro benzene ring substituents is 1. The summed E-state index contributed by atoms with van der Waals surface area (Å²) in [6.45, 7) is 1.69. The summed E-state index contributed by atoms with van der Waals surface area (Å²) >= 11 is 6.42. The summed E-state index contributed by atoms with van der Waals surface area (Å²) in [6, 6.07) is 15.0. The average Bonchev–Trinajstić information content (AvgIpc) is 3.36. The summed E-state index contributed by atoms with van der Waals surface area (Å²) in [5.74, 6) is -1.43. The van der Waals surface area contributed by atoms with Gasteiger partial charge in [-0.15, -0.1) is 0 Å². The van der Waals surface area contributed by atoms with E-state index >= 15 is 0 Å². The quantitative estimate of drug-likeness (QED) is 0.257. The minimum atomic E-state index is -0.775. The van der Waals surface area contributed by atoms with Gasteiger partial charge in [-0.3, -0.25) is 19.7 Å². The number of nitro groups is 1. The predicted molar refractivity (Wildman–Crippen MR) is 125 cm³/mol. The first-order valence-electron chi connectivity index (χ1n) is 10.3. The van der Waals surface area contributed by atoms with Gasteiger partial charge in [0.1, 0.15) is 11.6 Å². The maximum atomic E-state index is 13.1. The Morgan fingerprint density at radius 1 is 1.03 bits per heavy atom. The van der Waals surface area contributed by atoms with Gasteiger partial charge in [-0.1, -0.05) is 48.0 Å². The molecule has 0 saturated heterocycles. The summed E-state index contributed by atoms with van der Waals surface area (Å²) in [4.78, 5) is 50.2. The molecule has 1 atom stereocenters. The molecule has 2 amide bonds. The first-order valence-corrected chi connectivity index (χ1v) is 10.7. The standard InChI is InChI=1S/C23H15ClN6O5/c1-12-11-13(20(29-23(33)25-26-27-29)14-5-2-3-7-16(14)24)9-10-17(12)28-21(31)15-6-4-8-18(30(34)35)19(15)22(28)32/h2-11,20H,1H3,(H,25,27,33). The maximum Gasteiger partial charge on any atom is 0.361 e. The van der Waals surface area contributed by atoms with Crippen LogP contribution in [-0.4, -0.2) is 36.9 Å². The highest BCUT2D eigenvalue weighted by Crippen LogP contribution is 2.37. The number of anilines is 1. The molecule has 11 nitrogen and oxygen atoms in total. The van der Waals surface area contributed by atoms with E-state index in [0.29, 0.717) is 21.7 Å². The lowest BCUT2D eigenvalue weighted by Crippen LogP contribution is -2.30. The Labute approximate surface area is 201 Å². The molecule has 3 aromatic carbocycles. The Balaban J connectivity index is 1.61. The van der Waals surface area contributed by atoms with Crippen molar-refractivity contribution in [2.24, 2.45) is 0 Å². The third-order valence-electron chi connectivity index (χ3n) is 5.81. The fourth-order valence-electron chi connectivity index (χ4n) is 4.26. The highest BCUT2D eigenvalue weighted by molar-refractivity contribution is 6.36. The zero-order valence-electron chi connectivity index (χ0n) is 18.0. The molecule has 5 rings (SSSR count). The number of rotatable bonds is 5. The molecule has 12 heteroatoms. The summed E-state index contributed by atoms with van der Waals surface area (Å²) in [5.41, 5.74) is 0.718. The van der Waals surface area contributed by atoms with Crippen molar-refractivity contribution in [1.29, 1.82) is 0 Å². The number of fused-ring (bicyclic) bond motifs is 1. The van der Waals surface area contributed by atoms with Crippen LogP contribution in [0.25, 0.3) is 0 Å². The number of nitrogens with one attached hydrogen (secondary N) is 1. The van der Waals surface area contributed by atoms with Crippen molar-refractivity contribution in [2.45, 2.75) is 13.0 Å². The molecule has 1 unspecified atom stereocenters. The van der Waals surface area contributed by atoms with Gasteiger partial charge in [-0.25, -0.2) is 14.8 Å². The minimum absolute atomic E-state index is 0.0317. The van der Waals surface area contributed by atoms with Gasteiger partial charge in [0.05, 0.1) is 16.2 Å². The Morgan fingerprint density at radius 2 is 1.80 bits per heavy atom. The molecule has 0 fully saturated rings.